The van der Waals surface area contributed by atoms with Gasteiger partial charge in [0.05, 0.1) is 22.7 Å². The fraction of sp³-hybridized carbons (Fsp3) is 0.476. The summed E-state index contributed by atoms with van der Waals surface area (Å²) < 4.78 is 11.2. The summed E-state index contributed by atoms with van der Waals surface area (Å²) in [5.41, 5.74) is 3.14. The Kier molecular flexibility index (Phi) is 6.88. The molecule has 0 saturated heterocycles. The predicted octanol–water partition coefficient (Wildman–Crippen LogP) is 4.78. The van der Waals surface area contributed by atoms with Crippen molar-refractivity contribution in [2.75, 3.05) is 19.8 Å². The largest absolute Gasteiger partial charge is 0.482 e. The van der Waals surface area contributed by atoms with Gasteiger partial charge in [0, 0.05) is 23.6 Å². The Labute approximate surface area is 184 Å². The molecule has 3 rings (SSSR count). The van der Waals surface area contributed by atoms with Gasteiger partial charge in [-0.25, -0.2) is 14.6 Å². The molecule has 9 heteroatoms. The molecule has 2 aromatic rings. The molecule has 1 unspecified atom stereocenters. The molecule has 0 bridgehead atoms. The number of aromatic nitrogens is 1. The summed E-state index contributed by atoms with van der Waals surface area (Å²) in [6, 6.07) is 4.44. The summed E-state index contributed by atoms with van der Waals surface area (Å²) in [7, 11) is 0. The van der Waals surface area contributed by atoms with E-state index in [0.29, 0.717) is 35.9 Å². The Morgan fingerprint density at radius 1 is 1.40 bits per heavy atom. The summed E-state index contributed by atoms with van der Waals surface area (Å²) in [4.78, 5) is 31.0. The number of carbonyl (C=O) groups is 2. The first-order valence-electron chi connectivity index (χ1n) is 9.71. The molecule has 1 aliphatic heterocycles. The van der Waals surface area contributed by atoms with Crippen molar-refractivity contribution in [3.63, 3.8) is 0 Å². The van der Waals surface area contributed by atoms with Crippen LogP contribution >= 0.6 is 22.9 Å². The van der Waals surface area contributed by atoms with Crippen LogP contribution in [0.3, 0.4) is 0 Å². The number of carboxylic acid groups (broad SMARTS) is 1. The second-order valence-electron chi connectivity index (χ2n) is 7.95. The third-order valence-electron chi connectivity index (χ3n) is 5.22. The molecule has 162 valence electrons. The Hall–Kier alpha value is -2.32. The highest BCUT2D eigenvalue weighted by Gasteiger charge is 2.37. The van der Waals surface area contributed by atoms with E-state index >= 15 is 0 Å². The van der Waals surface area contributed by atoms with E-state index in [0.717, 1.165) is 17.0 Å². The number of ether oxygens (including phenoxy) is 2. The minimum atomic E-state index is -1.09. The van der Waals surface area contributed by atoms with Crippen LogP contribution in [0.1, 0.15) is 49.4 Å². The summed E-state index contributed by atoms with van der Waals surface area (Å²) in [5.74, 6) is -0.726. The number of rotatable bonds is 7. The van der Waals surface area contributed by atoms with Crippen molar-refractivity contribution in [2.45, 2.75) is 39.7 Å². The number of hydrogen-bond donors (Lipinski definition) is 1. The predicted molar refractivity (Wildman–Crippen MR) is 114 cm³/mol. The monoisotopic (exact) mass is 452 g/mol. The van der Waals surface area contributed by atoms with E-state index in [9.17, 15) is 9.59 Å². The van der Waals surface area contributed by atoms with Gasteiger partial charge in [0.15, 0.2) is 6.61 Å². The maximum absolute atomic E-state index is 13.1. The number of amides is 1. The average Bonchev–Trinajstić information content (AvgIpc) is 3.19. The van der Waals surface area contributed by atoms with Crippen LogP contribution in [0.4, 0.5) is 4.79 Å². The molecular weight excluding hydrogens is 428 g/mol. The fourth-order valence-electron chi connectivity index (χ4n) is 3.14. The van der Waals surface area contributed by atoms with Gasteiger partial charge in [0.2, 0.25) is 0 Å². The quantitative estimate of drug-likeness (QED) is 0.650. The van der Waals surface area contributed by atoms with Crippen molar-refractivity contribution in [1.29, 1.82) is 0 Å². The number of fused-ring (bicyclic) bond motifs is 1. The number of benzene rings is 1. The Morgan fingerprint density at radius 2 is 2.17 bits per heavy atom. The van der Waals surface area contributed by atoms with Gasteiger partial charge in [-0.1, -0.05) is 32.4 Å². The van der Waals surface area contributed by atoms with Crippen LogP contribution in [0.5, 0.6) is 5.75 Å². The molecule has 0 spiro atoms. The van der Waals surface area contributed by atoms with E-state index in [1.54, 1.807) is 28.6 Å². The third kappa shape index (κ3) is 5.05. The molecule has 1 aromatic carbocycles. The van der Waals surface area contributed by atoms with E-state index < -0.39 is 24.7 Å². The van der Waals surface area contributed by atoms with Crippen molar-refractivity contribution < 1.29 is 24.2 Å². The molecule has 1 N–H and O–H groups in total. The second-order valence-corrected chi connectivity index (χ2v) is 9.27. The van der Waals surface area contributed by atoms with Gasteiger partial charge in [-0.05, 0) is 30.0 Å². The number of nitrogens with zero attached hydrogens (tertiary/aromatic N) is 2. The molecule has 1 amide bonds. The van der Waals surface area contributed by atoms with Crippen LogP contribution in [0, 0.1) is 5.41 Å². The lowest BCUT2D eigenvalue weighted by Gasteiger charge is -2.36. The van der Waals surface area contributed by atoms with E-state index in [1.807, 2.05) is 13.8 Å². The van der Waals surface area contributed by atoms with Gasteiger partial charge < -0.3 is 14.6 Å². The molecule has 30 heavy (non-hydrogen) atoms. The number of aliphatic carboxylic acids is 1. The lowest BCUT2D eigenvalue weighted by atomic mass is 9.92. The van der Waals surface area contributed by atoms with E-state index in [-0.39, 0.29) is 5.41 Å². The Morgan fingerprint density at radius 3 is 2.87 bits per heavy atom. The molecule has 0 fully saturated rings. The highest BCUT2D eigenvalue weighted by Crippen LogP contribution is 2.42. The molecule has 2 heterocycles. The molecular formula is C21H25ClN2O5S. The van der Waals surface area contributed by atoms with Crippen LogP contribution in [0.25, 0.3) is 0 Å². The van der Waals surface area contributed by atoms with E-state index in [2.05, 4.69) is 11.9 Å². The van der Waals surface area contributed by atoms with Crippen molar-refractivity contribution in [3.8, 4) is 5.75 Å². The van der Waals surface area contributed by atoms with Crippen molar-refractivity contribution in [2.24, 2.45) is 5.41 Å². The zero-order valence-electron chi connectivity index (χ0n) is 17.2. The highest BCUT2D eigenvalue weighted by atomic mass is 35.5. The fourth-order valence-corrected chi connectivity index (χ4v) is 4.29. The van der Waals surface area contributed by atoms with Crippen LogP contribution in [0.2, 0.25) is 5.02 Å². The summed E-state index contributed by atoms with van der Waals surface area (Å²) in [5, 5.41) is 9.48. The molecule has 0 radical (unpaired) electrons. The maximum atomic E-state index is 13.1. The maximum Gasteiger partial charge on any atom is 0.410 e. The molecule has 0 saturated carbocycles. The van der Waals surface area contributed by atoms with Crippen LogP contribution in [0.15, 0.2) is 23.7 Å². The highest BCUT2D eigenvalue weighted by molar-refractivity contribution is 7.09. The first-order valence-corrected chi connectivity index (χ1v) is 11.0. The average molecular weight is 453 g/mol. The van der Waals surface area contributed by atoms with Crippen molar-refractivity contribution >= 4 is 35.0 Å². The first-order chi connectivity index (χ1) is 14.2. The first kappa shape index (κ1) is 22.4. The summed E-state index contributed by atoms with van der Waals surface area (Å²) in [6.45, 7) is 6.38. The lowest BCUT2D eigenvalue weighted by Crippen LogP contribution is -2.41. The van der Waals surface area contributed by atoms with E-state index in [1.165, 1.54) is 11.3 Å². The SMILES string of the molecule is CCC(C)(C)COC(=O)N1CCc2ncsc2C1c1cc(Cl)ccc1OCC(=O)O. The topological polar surface area (TPSA) is 89.0 Å². The van der Waals surface area contributed by atoms with Crippen LogP contribution in [-0.4, -0.2) is 46.8 Å². The zero-order chi connectivity index (χ0) is 21.9. The second kappa shape index (κ2) is 9.22. The minimum Gasteiger partial charge on any atom is -0.482 e. The normalized spacial score (nSPS) is 16.1. The van der Waals surface area contributed by atoms with Gasteiger partial charge >= 0.3 is 12.1 Å². The number of carbonyl (C=O) groups excluding carboxylic acids is 1. The lowest BCUT2D eigenvalue weighted by molar-refractivity contribution is -0.139. The van der Waals surface area contributed by atoms with Crippen molar-refractivity contribution in [1.82, 2.24) is 9.88 Å². The number of halogens is 1. The van der Waals surface area contributed by atoms with Gasteiger partial charge in [0.25, 0.3) is 0 Å². The number of carboxylic acids is 1. The molecule has 0 aliphatic carbocycles. The molecule has 1 aromatic heterocycles. The number of thiazole rings is 1. The van der Waals surface area contributed by atoms with Gasteiger partial charge in [0.1, 0.15) is 11.8 Å². The minimum absolute atomic E-state index is 0.123. The summed E-state index contributed by atoms with van der Waals surface area (Å²) >= 11 is 7.69. The smallest absolute Gasteiger partial charge is 0.410 e. The summed E-state index contributed by atoms with van der Waals surface area (Å²) in [6.07, 6.45) is 1.07. The molecule has 1 aliphatic rings. The Balaban J connectivity index is 1.97. The number of hydrogen-bond acceptors (Lipinski definition) is 6. The van der Waals surface area contributed by atoms with Crippen molar-refractivity contribution in [3.05, 3.63) is 44.9 Å². The zero-order valence-corrected chi connectivity index (χ0v) is 18.8. The van der Waals surface area contributed by atoms with Gasteiger partial charge in [-0.2, -0.15) is 0 Å². The van der Waals surface area contributed by atoms with Crippen LogP contribution < -0.4 is 4.74 Å². The Bertz CT molecular complexity index is 930. The third-order valence-corrected chi connectivity index (χ3v) is 6.38. The molecule has 7 nitrogen and oxygen atoms in total. The molecule has 1 atom stereocenters. The van der Waals surface area contributed by atoms with E-state index in [4.69, 9.17) is 26.2 Å². The van der Waals surface area contributed by atoms with Gasteiger partial charge in [-0.15, -0.1) is 11.3 Å². The van der Waals surface area contributed by atoms with Gasteiger partial charge in [-0.3, -0.25) is 4.90 Å². The standard InChI is InChI=1S/C21H25ClN2O5S/c1-4-21(2,3)11-29-20(27)24-8-7-15-19(30-12-23-15)18(24)14-9-13(22)5-6-16(14)28-10-17(25)26/h5-6,9,12,18H,4,7-8,10-11H2,1-3H3,(H,25,26). The van der Waals surface area contributed by atoms with Crippen LogP contribution in [-0.2, 0) is 16.0 Å².